The van der Waals surface area contributed by atoms with Gasteiger partial charge in [-0.2, -0.15) is 0 Å². The molecule has 0 radical (unpaired) electrons. The van der Waals surface area contributed by atoms with Crippen molar-refractivity contribution in [3.63, 3.8) is 0 Å². The minimum Gasteiger partial charge on any atom is -0.382 e. The van der Waals surface area contributed by atoms with Crippen LogP contribution < -0.4 is 5.32 Å². The number of hydrogen-bond donors (Lipinski definition) is 1. The lowest BCUT2D eigenvalue weighted by Crippen LogP contribution is -2.36. The molecule has 0 saturated carbocycles. The van der Waals surface area contributed by atoms with Crippen LogP contribution in [0.5, 0.6) is 0 Å². The number of rotatable bonds is 4. The Labute approximate surface area is 156 Å². The van der Waals surface area contributed by atoms with Crippen molar-refractivity contribution in [2.45, 2.75) is 39.3 Å². The molecule has 2 unspecified atom stereocenters. The summed E-state index contributed by atoms with van der Waals surface area (Å²) in [7, 11) is 0. The van der Waals surface area contributed by atoms with Crippen LogP contribution in [0.25, 0.3) is 0 Å². The fourth-order valence-electron chi connectivity index (χ4n) is 3.05. The molecular formula is C20H21BrN2O2. The highest BCUT2D eigenvalue weighted by Gasteiger charge is 2.30. The Hall–Kier alpha value is -2.14. The summed E-state index contributed by atoms with van der Waals surface area (Å²) >= 11 is 3.45. The summed E-state index contributed by atoms with van der Waals surface area (Å²) in [5, 5.41) is 7.13. The number of hydrogen-bond acceptors (Lipinski definition) is 3. The van der Waals surface area contributed by atoms with Gasteiger partial charge in [-0.05, 0) is 44.0 Å². The largest absolute Gasteiger partial charge is 0.382 e. The minimum absolute atomic E-state index is 0.0772. The van der Waals surface area contributed by atoms with Gasteiger partial charge >= 0.3 is 0 Å². The number of oxime groups is 1. The summed E-state index contributed by atoms with van der Waals surface area (Å²) in [5.74, 6) is -0.138. The number of amides is 1. The molecule has 0 fully saturated rings. The number of carbonyl (C=O) groups is 1. The van der Waals surface area contributed by atoms with Crippen LogP contribution in [0.2, 0.25) is 0 Å². The van der Waals surface area contributed by atoms with Crippen molar-refractivity contribution in [3.8, 4) is 0 Å². The third-order valence-corrected chi connectivity index (χ3v) is 4.86. The average Bonchev–Trinajstić information content (AvgIpc) is 3.04. The number of aryl methyl sites for hydroxylation is 2. The Kier molecular flexibility index (Phi) is 5.23. The maximum Gasteiger partial charge on any atom is 0.264 e. The Balaban J connectivity index is 1.63. The van der Waals surface area contributed by atoms with Crippen LogP contribution in [-0.4, -0.2) is 17.7 Å². The van der Waals surface area contributed by atoms with E-state index in [1.807, 2.05) is 31.2 Å². The monoisotopic (exact) mass is 400 g/mol. The fraction of sp³-hybridized carbons (Fsp3) is 0.300. The minimum atomic E-state index is -0.581. The van der Waals surface area contributed by atoms with E-state index in [9.17, 15) is 4.79 Å². The van der Waals surface area contributed by atoms with Crippen molar-refractivity contribution in [2.24, 2.45) is 5.16 Å². The summed E-state index contributed by atoms with van der Waals surface area (Å²) in [4.78, 5) is 17.9. The van der Waals surface area contributed by atoms with E-state index < -0.39 is 6.10 Å². The highest BCUT2D eigenvalue weighted by molar-refractivity contribution is 9.10. The Morgan fingerprint density at radius 3 is 2.80 bits per heavy atom. The first-order chi connectivity index (χ1) is 11.9. The molecule has 2 aromatic rings. The van der Waals surface area contributed by atoms with Crippen molar-refractivity contribution >= 4 is 27.5 Å². The van der Waals surface area contributed by atoms with E-state index in [-0.39, 0.29) is 11.9 Å². The van der Waals surface area contributed by atoms with E-state index in [0.29, 0.717) is 6.42 Å². The third-order valence-electron chi connectivity index (χ3n) is 4.37. The van der Waals surface area contributed by atoms with Crippen molar-refractivity contribution < 1.29 is 9.63 Å². The third kappa shape index (κ3) is 4.10. The molecule has 0 saturated heterocycles. The van der Waals surface area contributed by atoms with Gasteiger partial charge in [0.25, 0.3) is 5.91 Å². The van der Waals surface area contributed by atoms with Gasteiger partial charge in [0.15, 0.2) is 0 Å². The highest BCUT2D eigenvalue weighted by atomic mass is 79.9. The van der Waals surface area contributed by atoms with Gasteiger partial charge < -0.3 is 10.2 Å². The molecule has 3 rings (SSSR count). The van der Waals surface area contributed by atoms with Gasteiger partial charge in [-0.1, -0.05) is 57.0 Å². The number of nitrogens with one attached hydrogen (secondary N) is 1. The van der Waals surface area contributed by atoms with Crippen LogP contribution in [0, 0.1) is 13.8 Å². The zero-order chi connectivity index (χ0) is 18.0. The predicted octanol–water partition coefficient (Wildman–Crippen LogP) is 4.44. The molecule has 0 bridgehead atoms. The van der Waals surface area contributed by atoms with Gasteiger partial charge in [0.05, 0.1) is 11.8 Å². The summed E-state index contributed by atoms with van der Waals surface area (Å²) in [6.07, 6.45) is -0.107. The first-order valence-electron chi connectivity index (χ1n) is 8.30. The molecule has 1 aliphatic rings. The quantitative estimate of drug-likeness (QED) is 0.824. The zero-order valence-electron chi connectivity index (χ0n) is 14.5. The SMILES string of the molecule is Cc1ccc(C(C)NC(=O)C2CC(c3cccc(Br)c3)=NO2)c(C)c1. The van der Waals surface area contributed by atoms with Crippen LogP contribution in [0.3, 0.4) is 0 Å². The van der Waals surface area contributed by atoms with Crippen molar-refractivity contribution in [1.82, 2.24) is 5.32 Å². The van der Waals surface area contributed by atoms with Gasteiger partial charge in [0.1, 0.15) is 0 Å². The molecule has 130 valence electrons. The highest BCUT2D eigenvalue weighted by Crippen LogP contribution is 2.22. The Morgan fingerprint density at radius 2 is 2.08 bits per heavy atom. The molecule has 25 heavy (non-hydrogen) atoms. The molecule has 1 aliphatic heterocycles. The number of nitrogens with zero attached hydrogens (tertiary/aromatic N) is 1. The molecule has 1 heterocycles. The molecule has 1 N–H and O–H groups in total. The van der Waals surface area contributed by atoms with Gasteiger partial charge in [0, 0.05) is 16.5 Å². The van der Waals surface area contributed by atoms with Crippen molar-refractivity contribution in [3.05, 3.63) is 69.2 Å². The van der Waals surface area contributed by atoms with E-state index in [1.54, 1.807) is 0 Å². The van der Waals surface area contributed by atoms with Gasteiger partial charge in [0.2, 0.25) is 6.10 Å². The van der Waals surface area contributed by atoms with Crippen LogP contribution in [0.15, 0.2) is 52.1 Å². The zero-order valence-corrected chi connectivity index (χ0v) is 16.1. The van der Waals surface area contributed by atoms with Gasteiger partial charge in [-0.3, -0.25) is 4.79 Å². The molecule has 2 atom stereocenters. The molecule has 4 nitrogen and oxygen atoms in total. The van der Waals surface area contributed by atoms with Crippen LogP contribution in [-0.2, 0) is 9.63 Å². The number of benzene rings is 2. The number of halogens is 1. The molecule has 0 aromatic heterocycles. The molecule has 5 heteroatoms. The molecular weight excluding hydrogens is 380 g/mol. The average molecular weight is 401 g/mol. The molecule has 2 aromatic carbocycles. The maximum absolute atomic E-state index is 12.5. The Bertz CT molecular complexity index is 832. The summed E-state index contributed by atoms with van der Waals surface area (Å²) < 4.78 is 0.976. The van der Waals surface area contributed by atoms with E-state index in [4.69, 9.17) is 4.84 Å². The number of carbonyl (C=O) groups excluding carboxylic acids is 1. The summed E-state index contributed by atoms with van der Waals surface area (Å²) in [6.45, 7) is 6.11. The van der Waals surface area contributed by atoms with Crippen LogP contribution in [0.4, 0.5) is 0 Å². The lowest BCUT2D eigenvalue weighted by Gasteiger charge is -2.18. The lowest BCUT2D eigenvalue weighted by atomic mass is 9.99. The second kappa shape index (κ2) is 7.40. The topological polar surface area (TPSA) is 50.7 Å². The summed E-state index contributed by atoms with van der Waals surface area (Å²) in [6, 6.07) is 14.0. The van der Waals surface area contributed by atoms with E-state index in [2.05, 4.69) is 58.4 Å². The smallest absolute Gasteiger partial charge is 0.264 e. The molecule has 0 spiro atoms. The lowest BCUT2D eigenvalue weighted by molar-refractivity contribution is -0.131. The molecule has 1 amide bonds. The van der Waals surface area contributed by atoms with Crippen molar-refractivity contribution in [1.29, 1.82) is 0 Å². The van der Waals surface area contributed by atoms with Crippen LogP contribution in [0.1, 0.15) is 41.6 Å². The van der Waals surface area contributed by atoms with E-state index >= 15 is 0 Å². The van der Waals surface area contributed by atoms with E-state index in [1.165, 1.54) is 11.1 Å². The second-order valence-corrected chi connectivity index (χ2v) is 7.35. The predicted molar refractivity (Wildman–Crippen MR) is 103 cm³/mol. The second-order valence-electron chi connectivity index (χ2n) is 6.44. The standard InChI is InChI=1S/C20H21BrN2O2/c1-12-7-8-17(13(2)9-12)14(3)22-20(24)19-11-18(23-25-19)15-5-4-6-16(21)10-15/h4-10,14,19H,11H2,1-3H3,(H,22,24). The van der Waals surface area contributed by atoms with Gasteiger partial charge in [-0.15, -0.1) is 0 Å². The normalized spacial score (nSPS) is 17.6. The Morgan fingerprint density at radius 1 is 1.28 bits per heavy atom. The van der Waals surface area contributed by atoms with Crippen molar-refractivity contribution in [2.75, 3.05) is 0 Å². The fourth-order valence-corrected chi connectivity index (χ4v) is 3.45. The van der Waals surface area contributed by atoms with E-state index in [0.717, 1.165) is 21.3 Å². The molecule has 0 aliphatic carbocycles. The first-order valence-corrected chi connectivity index (χ1v) is 9.09. The first kappa shape index (κ1) is 17.7. The van der Waals surface area contributed by atoms with Gasteiger partial charge in [-0.25, -0.2) is 0 Å². The van der Waals surface area contributed by atoms with Crippen LogP contribution >= 0.6 is 15.9 Å². The maximum atomic E-state index is 12.5. The summed E-state index contributed by atoms with van der Waals surface area (Å²) in [5.41, 5.74) is 5.26.